The van der Waals surface area contributed by atoms with Gasteiger partial charge in [0.2, 0.25) is 0 Å². The quantitative estimate of drug-likeness (QED) is 0.779. The zero-order valence-corrected chi connectivity index (χ0v) is 12.5. The van der Waals surface area contributed by atoms with Gasteiger partial charge in [-0.15, -0.1) is 13.2 Å². The minimum Gasteiger partial charge on any atom is -0.457 e. The van der Waals surface area contributed by atoms with Crippen LogP contribution in [0.3, 0.4) is 0 Å². The molecule has 112 valence electrons. The summed E-state index contributed by atoms with van der Waals surface area (Å²) in [5.74, 6) is 0.531. The van der Waals surface area contributed by atoms with E-state index in [4.69, 9.17) is 10.5 Å². The molecule has 2 aromatic carbocycles. The lowest BCUT2D eigenvalue weighted by Crippen LogP contribution is -2.17. The van der Waals surface area contributed by atoms with E-state index < -0.39 is 6.36 Å². The standard InChI is InChI=1S/C14H11BrF3NO2/c1-8-4-9(19)6-11(5-8)20-10-2-3-13(12(15)7-10)21-14(16,17)18/h2-7H,19H2,1H3. The van der Waals surface area contributed by atoms with Crippen molar-refractivity contribution in [1.29, 1.82) is 0 Å². The van der Waals surface area contributed by atoms with E-state index in [1.807, 2.05) is 6.92 Å². The Hall–Kier alpha value is -1.89. The summed E-state index contributed by atoms with van der Waals surface area (Å²) in [6.07, 6.45) is -4.74. The SMILES string of the molecule is Cc1cc(N)cc(Oc2ccc(OC(F)(F)F)c(Br)c2)c1. The van der Waals surface area contributed by atoms with Crippen molar-refractivity contribution in [3.63, 3.8) is 0 Å². The topological polar surface area (TPSA) is 44.5 Å². The fourth-order valence-corrected chi connectivity index (χ4v) is 2.16. The second-order valence-electron chi connectivity index (χ2n) is 4.32. The van der Waals surface area contributed by atoms with Crippen molar-refractivity contribution in [2.75, 3.05) is 5.73 Å². The van der Waals surface area contributed by atoms with Gasteiger partial charge in [-0.1, -0.05) is 0 Å². The highest BCUT2D eigenvalue weighted by Crippen LogP contribution is 2.35. The van der Waals surface area contributed by atoms with Crippen LogP contribution in [0, 0.1) is 6.92 Å². The van der Waals surface area contributed by atoms with Crippen molar-refractivity contribution in [3.8, 4) is 17.2 Å². The molecule has 21 heavy (non-hydrogen) atoms. The van der Waals surface area contributed by atoms with E-state index in [-0.39, 0.29) is 10.2 Å². The molecule has 0 saturated heterocycles. The molecule has 0 aliphatic carbocycles. The summed E-state index contributed by atoms with van der Waals surface area (Å²) in [7, 11) is 0. The molecule has 0 amide bonds. The summed E-state index contributed by atoms with van der Waals surface area (Å²) in [6, 6.07) is 9.12. The molecule has 2 rings (SSSR count). The van der Waals surface area contributed by atoms with Crippen LogP contribution in [0.25, 0.3) is 0 Å². The Morgan fingerprint density at radius 1 is 1.05 bits per heavy atom. The minimum absolute atomic E-state index is 0.137. The molecule has 3 nitrogen and oxygen atoms in total. The number of nitrogens with two attached hydrogens (primary N) is 1. The first-order valence-electron chi connectivity index (χ1n) is 5.83. The van der Waals surface area contributed by atoms with E-state index in [9.17, 15) is 13.2 Å². The van der Waals surface area contributed by atoms with Crippen LogP contribution in [-0.4, -0.2) is 6.36 Å². The van der Waals surface area contributed by atoms with E-state index in [0.29, 0.717) is 17.2 Å². The number of anilines is 1. The number of nitrogen functional groups attached to an aromatic ring is 1. The largest absolute Gasteiger partial charge is 0.573 e. The van der Waals surface area contributed by atoms with Gasteiger partial charge in [0, 0.05) is 11.8 Å². The van der Waals surface area contributed by atoms with Gasteiger partial charge in [0.15, 0.2) is 0 Å². The van der Waals surface area contributed by atoms with Crippen LogP contribution < -0.4 is 15.2 Å². The number of hydrogen-bond donors (Lipinski definition) is 1. The predicted molar refractivity (Wildman–Crippen MR) is 76.5 cm³/mol. The Morgan fingerprint density at radius 2 is 1.76 bits per heavy atom. The molecular weight excluding hydrogens is 351 g/mol. The third kappa shape index (κ3) is 4.56. The molecule has 0 unspecified atom stereocenters. The molecule has 2 aromatic rings. The third-order valence-electron chi connectivity index (χ3n) is 2.44. The normalized spacial score (nSPS) is 11.3. The molecule has 0 aliphatic heterocycles. The van der Waals surface area contributed by atoms with Gasteiger partial charge in [0.25, 0.3) is 0 Å². The fraction of sp³-hybridized carbons (Fsp3) is 0.143. The van der Waals surface area contributed by atoms with Gasteiger partial charge >= 0.3 is 6.36 Å². The molecule has 0 heterocycles. The highest BCUT2D eigenvalue weighted by Gasteiger charge is 2.32. The number of ether oxygens (including phenoxy) is 2. The number of benzene rings is 2. The monoisotopic (exact) mass is 361 g/mol. The predicted octanol–water partition coefficient (Wildman–Crippen LogP) is 5.03. The van der Waals surface area contributed by atoms with Crippen molar-refractivity contribution in [2.45, 2.75) is 13.3 Å². The highest BCUT2D eigenvalue weighted by atomic mass is 79.9. The number of rotatable bonds is 3. The van der Waals surface area contributed by atoms with Crippen LogP contribution in [0.4, 0.5) is 18.9 Å². The van der Waals surface area contributed by atoms with Crippen molar-refractivity contribution in [3.05, 3.63) is 46.4 Å². The smallest absolute Gasteiger partial charge is 0.457 e. The first-order chi connectivity index (χ1) is 9.73. The number of hydrogen-bond acceptors (Lipinski definition) is 3. The molecular formula is C14H11BrF3NO2. The molecule has 7 heteroatoms. The highest BCUT2D eigenvalue weighted by molar-refractivity contribution is 9.10. The maximum absolute atomic E-state index is 12.2. The van der Waals surface area contributed by atoms with Crippen LogP contribution in [0.5, 0.6) is 17.2 Å². The van der Waals surface area contributed by atoms with E-state index in [2.05, 4.69) is 20.7 Å². The van der Waals surface area contributed by atoms with Crippen LogP contribution >= 0.6 is 15.9 Å². The maximum Gasteiger partial charge on any atom is 0.573 e. The Morgan fingerprint density at radius 3 is 2.33 bits per heavy atom. The van der Waals surface area contributed by atoms with Crippen LogP contribution in [0.15, 0.2) is 40.9 Å². The summed E-state index contributed by atoms with van der Waals surface area (Å²) in [4.78, 5) is 0. The van der Waals surface area contributed by atoms with Crippen molar-refractivity contribution in [2.24, 2.45) is 0 Å². The van der Waals surface area contributed by atoms with Crippen LogP contribution in [0.1, 0.15) is 5.56 Å². The summed E-state index contributed by atoms with van der Waals surface area (Å²) < 4.78 is 46.1. The zero-order chi connectivity index (χ0) is 15.6. The van der Waals surface area contributed by atoms with E-state index >= 15 is 0 Å². The molecule has 0 bridgehead atoms. The molecule has 0 saturated carbocycles. The first-order valence-corrected chi connectivity index (χ1v) is 6.62. The molecule has 0 spiro atoms. The average molecular weight is 362 g/mol. The second-order valence-corrected chi connectivity index (χ2v) is 5.18. The lowest BCUT2D eigenvalue weighted by Gasteiger charge is -2.12. The average Bonchev–Trinajstić information content (AvgIpc) is 2.30. The molecule has 0 fully saturated rings. The van der Waals surface area contributed by atoms with Gasteiger partial charge in [-0.3, -0.25) is 0 Å². The fourth-order valence-electron chi connectivity index (χ4n) is 1.72. The number of halogens is 4. The molecule has 2 N–H and O–H groups in total. The molecule has 0 aliphatic rings. The van der Waals surface area contributed by atoms with Gasteiger partial charge in [0.05, 0.1) is 4.47 Å². The van der Waals surface area contributed by atoms with Crippen molar-refractivity contribution < 1.29 is 22.6 Å². The first kappa shape index (κ1) is 15.5. The zero-order valence-electron chi connectivity index (χ0n) is 10.9. The Labute approximate surface area is 127 Å². The van der Waals surface area contributed by atoms with Crippen molar-refractivity contribution in [1.82, 2.24) is 0 Å². The minimum atomic E-state index is -4.74. The Bertz CT molecular complexity index is 639. The van der Waals surface area contributed by atoms with E-state index in [0.717, 1.165) is 5.56 Å². The van der Waals surface area contributed by atoms with E-state index in [1.54, 1.807) is 18.2 Å². The van der Waals surface area contributed by atoms with Gasteiger partial charge < -0.3 is 15.2 Å². The second kappa shape index (κ2) is 5.85. The van der Waals surface area contributed by atoms with Crippen LogP contribution in [0.2, 0.25) is 0 Å². The summed E-state index contributed by atoms with van der Waals surface area (Å²) in [6.45, 7) is 1.86. The van der Waals surface area contributed by atoms with Crippen LogP contribution in [-0.2, 0) is 0 Å². The van der Waals surface area contributed by atoms with Gasteiger partial charge in [-0.2, -0.15) is 0 Å². The number of alkyl halides is 3. The lowest BCUT2D eigenvalue weighted by atomic mass is 10.2. The summed E-state index contributed by atoms with van der Waals surface area (Å²) in [5, 5.41) is 0. The summed E-state index contributed by atoms with van der Waals surface area (Å²) in [5.41, 5.74) is 7.16. The maximum atomic E-state index is 12.2. The Kier molecular flexibility index (Phi) is 4.32. The Balaban J connectivity index is 2.20. The third-order valence-corrected chi connectivity index (χ3v) is 3.06. The van der Waals surface area contributed by atoms with E-state index in [1.165, 1.54) is 18.2 Å². The van der Waals surface area contributed by atoms with Gasteiger partial charge in [-0.05, 0) is 58.7 Å². The van der Waals surface area contributed by atoms with Gasteiger partial charge in [0.1, 0.15) is 17.2 Å². The molecule has 0 radical (unpaired) electrons. The molecule has 0 atom stereocenters. The van der Waals surface area contributed by atoms with Gasteiger partial charge in [-0.25, -0.2) is 0 Å². The molecule has 0 aromatic heterocycles. The van der Waals surface area contributed by atoms with Crippen molar-refractivity contribution >= 4 is 21.6 Å². The summed E-state index contributed by atoms with van der Waals surface area (Å²) >= 11 is 3.01. The lowest BCUT2D eigenvalue weighted by molar-refractivity contribution is -0.274. The number of aryl methyl sites for hydroxylation is 1.